The topological polar surface area (TPSA) is 17.1 Å². The highest BCUT2D eigenvalue weighted by atomic mass is 16.1. The Morgan fingerprint density at radius 1 is 0.765 bits per heavy atom. The summed E-state index contributed by atoms with van der Waals surface area (Å²) in [6, 6.07) is 0. The van der Waals surface area contributed by atoms with Crippen LogP contribution in [0.2, 0.25) is 0 Å². The van der Waals surface area contributed by atoms with Gasteiger partial charge in [-0.15, -0.1) is 0 Å². The molecule has 0 aromatic carbocycles. The van der Waals surface area contributed by atoms with Gasteiger partial charge in [0.15, 0.2) is 0 Å². The quantitative estimate of drug-likeness (QED) is 0.478. The maximum Gasteiger partial charge on any atom is 0.135 e. The lowest BCUT2D eigenvalue weighted by molar-refractivity contribution is -0.122. The van der Waals surface area contributed by atoms with Crippen LogP contribution in [0.15, 0.2) is 0 Å². The summed E-state index contributed by atoms with van der Waals surface area (Å²) in [6.45, 7) is 11.1. The molecule has 17 heavy (non-hydrogen) atoms. The molecule has 1 heteroatoms. The van der Waals surface area contributed by atoms with Gasteiger partial charge < -0.3 is 0 Å². The third-order valence-electron chi connectivity index (χ3n) is 3.42. The summed E-state index contributed by atoms with van der Waals surface area (Å²) >= 11 is 0. The number of hydrogen-bond donors (Lipinski definition) is 0. The van der Waals surface area contributed by atoms with E-state index in [1.165, 1.54) is 25.7 Å². The van der Waals surface area contributed by atoms with Gasteiger partial charge in [-0.3, -0.25) is 4.79 Å². The molecule has 0 aromatic rings. The van der Waals surface area contributed by atoms with E-state index >= 15 is 0 Å². The molecule has 0 saturated carbocycles. The van der Waals surface area contributed by atoms with E-state index in [0.717, 1.165) is 31.1 Å². The van der Waals surface area contributed by atoms with Crippen molar-refractivity contribution in [2.24, 2.45) is 17.8 Å². The Bertz CT molecular complexity index is 194. The molecule has 0 saturated heterocycles. The van der Waals surface area contributed by atoms with Crippen molar-refractivity contribution in [2.45, 2.75) is 79.6 Å². The van der Waals surface area contributed by atoms with Crippen molar-refractivity contribution in [2.75, 3.05) is 0 Å². The first kappa shape index (κ1) is 16.7. The van der Waals surface area contributed by atoms with Crippen molar-refractivity contribution in [1.29, 1.82) is 0 Å². The molecule has 0 N–H and O–H groups in total. The maximum absolute atomic E-state index is 11.9. The summed E-state index contributed by atoms with van der Waals surface area (Å²) in [6.07, 6.45) is 7.94. The number of rotatable bonds is 10. The monoisotopic (exact) mass is 240 g/mol. The minimum Gasteiger partial charge on any atom is -0.299 e. The second kappa shape index (κ2) is 9.67. The van der Waals surface area contributed by atoms with Gasteiger partial charge in [0.25, 0.3) is 0 Å². The molecule has 0 heterocycles. The average Bonchev–Trinajstić information content (AvgIpc) is 2.23. The van der Waals surface area contributed by atoms with E-state index in [2.05, 4.69) is 34.6 Å². The van der Waals surface area contributed by atoms with Crippen LogP contribution >= 0.6 is 0 Å². The number of carbonyl (C=O) groups is 1. The largest absolute Gasteiger partial charge is 0.299 e. The van der Waals surface area contributed by atoms with Crippen molar-refractivity contribution in [3.05, 3.63) is 0 Å². The number of unbranched alkanes of at least 4 members (excludes halogenated alkanes) is 1. The minimum atomic E-state index is 0.286. The SMILES string of the molecule is CC(C)CCCCC(C)C(=O)CCCC(C)C. The highest BCUT2D eigenvalue weighted by Gasteiger charge is 2.12. The molecule has 0 aliphatic carbocycles. The molecule has 0 aliphatic heterocycles. The molecular weight excluding hydrogens is 208 g/mol. The van der Waals surface area contributed by atoms with Crippen LogP contribution in [0, 0.1) is 17.8 Å². The van der Waals surface area contributed by atoms with Gasteiger partial charge in [0.05, 0.1) is 0 Å². The Morgan fingerprint density at radius 2 is 1.24 bits per heavy atom. The molecule has 0 fully saturated rings. The van der Waals surface area contributed by atoms with Crippen LogP contribution in [-0.2, 0) is 4.79 Å². The first-order valence-electron chi connectivity index (χ1n) is 7.46. The maximum atomic E-state index is 11.9. The zero-order valence-corrected chi connectivity index (χ0v) is 12.6. The average molecular weight is 240 g/mol. The molecular formula is C16H32O. The zero-order valence-electron chi connectivity index (χ0n) is 12.6. The lowest BCUT2D eigenvalue weighted by Crippen LogP contribution is -2.11. The Labute approximate surface area is 108 Å². The standard InChI is InChI=1S/C16H32O/c1-13(2)9-6-7-11-15(5)16(17)12-8-10-14(3)4/h13-15H,6-12H2,1-5H3. The van der Waals surface area contributed by atoms with E-state index in [0.29, 0.717) is 5.78 Å². The Kier molecular flexibility index (Phi) is 9.49. The summed E-state index contributed by atoms with van der Waals surface area (Å²) < 4.78 is 0. The van der Waals surface area contributed by atoms with Gasteiger partial charge in [0.1, 0.15) is 5.78 Å². The predicted octanol–water partition coefficient (Wildman–Crippen LogP) is 5.23. The van der Waals surface area contributed by atoms with Crippen LogP contribution in [0.4, 0.5) is 0 Å². The van der Waals surface area contributed by atoms with Crippen molar-refractivity contribution in [3.63, 3.8) is 0 Å². The van der Waals surface area contributed by atoms with Crippen molar-refractivity contribution in [1.82, 2.24) is 0 Å². The molecule has 1 unspecified atom stereocenters. The Morgan fingerprint density at radius 3 is 1.76 bits per heavy atom. The zero-order chi connectivity index (χ0) is 13.3. The van der Waals surface area contributed by atoms with Crippen molar-refractivity contribution < 1.29 is 4.79 Å². The molecule has 0 spiro atoms. The van der Waals surface area contributed by atoms with Crippen molar-refractivity contribution in [3.8, 4) is 0 Å². The fourth-order valence-corrected chi connectivity index (χ4v) is 2.10. The molecule has 0 radical (unpaired) electrons. The minimum absolute atomic E-state index is 0.286. The first-order chi connectivity index (χ1) is 7.93. The van der Waals surface area contributed by atoms with E-state index in [4.69, 9.17) is 0 Å². The van der Waals surface area contributed by atoms with Crippen LogP contribution in [0.25, 0.3) is 0 Å². The third-order valence-corrected chi connectivity index (χ3v) is 3.42. The second-order valence-corrected chi connectivity index (χ2v) is 6.33. The Hall–Kier alpha value is -0.330. The van der Waals surface area contributed by atoms with Crippen molar-refractivity contribution >= 4 is 5.78 Å². The van der Waals surface area contributed by atoms with E-state index in [1.807, 2.05) is 0 Å². The molecule has 0 rings (SSSR count). The molecule has 1 atom stereocenters. The van der Waals surface area contributed by atoms with E-state index in [9.17, 15) is 4.79 Å². The summed E-state index contributed by atoms with van der Waals surface area (Å²) in [7, 11) is 0. The summed E-state index contributed by atoms with van der Waals surface area (Å²) in [4.78, 5) is 11.9. The fourth-order valence-electron chi connectivity index (χ4n) is 2.10. The molecule has 0 aromatic heterocycles. The first-order valence-corrected chi connectivity index (χ1v) is 7.46. The summed E-state index contributed by atoms with van der Waals surface area (Å²) in [5, 5.41) is 0. The second-order valence-electron chi connectivity index (χ2n) is 6.33. The molecule has 102 valence electrons. The number of ketones is 1. The number of carbonyl (C=O) groups excluding carboxylic acids is 1. The van der Waals surface area contributed by atoms with E-state index < -0.39 is 0 Å². The van der Waals surface area contributed by atoms with Crippen LogP contribution in [0.3, 0.4) is 0 Å². The van der Waals surface area contributed by atoms with Crippen LogP contribution in [-0.4, -0.2) is 5.78 Å². The van der Waals surface area contributed by atoms with Crippen LogP contribution < -0.4 is 0 Å². The third kappa shape index (κ3) is 10.5. The number of Topliss-reactive ketones (excluding diaryl/α,β-unsaturated/α-hetero) is 1. The van der Waals surface area contributed by atoms with Crippen LogP contribution in [0.1, 0.15) is 79.6 Å². The summed E-state index contributed by atoms with van der Waals surface area (Å²) in [5.41, 5.74) is 0. The normalized spacial score (nSPS) is 13.4. The van der Waals surface area contributed by atoms with E-state index in [1.54, 1.807) is 0 Å². The highest BCUT2D eigenvalue weighted by Crippen LogP contribution is 2.16. The van der Waals surface area contributed by atoms with Gasteiger partial charge in [0, 0.05) is 12.3 Å². The van der Waals surface area contributed by atoms with Gasteiger partial charge in [-0.1, -0.05) is 60.3 Å². The molecule has 1 nitrogen and oxygen atoms in total. The van der Waals surface area contributed by atoms with Gasteiger partial charge in [-0.2, -0.15) is 0 Å². The smallest absolute Gasteiger partial charge is 0.135 e. The van der Waals surface area contributed by atoms with E-state index in [-0.39, 0.29) is 5.92 Å². The lowest BCUT2D eigenvalue weighted by Gasteiger charge is -2.11. The van der Waals surface area contributed by atoms with Crippen LogP contribution in [0.5, 0.6) is 0 Å². The lowest BCUT2D eigenvalue weighted by atomic mass is 9.93. The predicted molar refractivity (Wildman–Crippen MR) is 76.2 cm³/mol. The van der Waals surface area contributed by atoms with Gasteiger partial charge >= 0.3 is 0 Å². The molecule has 0 aliphatic rings. The van der Waals surface area contributed by atoms with Gasteiger partial charge in [0.2, 0.25) is 0 Å². The van der Waals surface area contributed by atoms with Gasteiger partial charge in [-0.25, -0.2) is 0 Å². The molecule has 0 bridgehead atoms. The summed E-state index contributed by atoms with van der Waals surface area (Å²) in [5.74, 6) is 2.29. The molecule has 0 amide bonds. The highest BCUT2D eigenvalue weighted by molar-refractivity contribution is 5.80. The Balaban J connectivity index is 3.53. The van der Waals surface area contributed by atoms with Gasteiger partial charge in [-0.05, 0) is 24.7 Å². The number of hydrogen-bond acceptors (Lipinski definition) is 1. The fraction of sp³-hybridized carbons (Fsp3) is 0.938.